The second-order valence-corrected chi connectivity index (χ2v) is 4.30. The molecular formula is C10H16ClN3S. The summed E-state index contributed by atoms with van der Waals surface area (Å²) < 4.78 is 0. The lowest BCUT2D eigenvalue weighted by atomic mass is 10.1. The summed E-state index contributed by atoms with van der Waals surface area (Å²) in [6.45, 7) is 0. The molecule has 0 fully saturated rings. The summed E-state index contributed by atoms with van der Waals surface area (Å²) in [4.78, 5) is 0. The highest BCUT2D eigenvalue weighted by Gasteiger charge is 2.07. The molecule has 1 aliphatic rings. The second kappa shape index (κ2) is 6.80. The normalized spacial score (nSPS) is 17.7. The van der Waals surface area contributed by atoms with Gasteiger partial charge in [-0.3, -0.25) is 5.43 Å². The number of hydrazone groups is 1. The summed E-state index contributed by atoms with van der Waals surface area (Å²) in [7, 11) is 1.75. The summed E-state index contributed by atoms with van der Waals surface area (Å²) in [5.41, 5.74) is 3.84. The van der Waals surface area contributed by atoms with Crippen LogP contribution >= 0.6 is 23.8 Å². The highest BCUT2D eigenvalue weighted by Crippen LogP contribution is 2.24. The first-order valence-electron chi connectivity index (χ1n) is 5.12. The lowest BCUT2D eigenvalue weighted by molar-refractivity contribution is 0.713. The van der Waals surface area contributed by atoms with Gasteiger partial charge in [-0.15, -0.1) is 0 Å². The number of nitrogens with one attached hydrogen (secondary N) is 2. The highest BCUT2D eigenvalue weighted by molar-refractivity contribution is 7.80. The Hall–Kier alpha value is -0.610. The molecule has 0 spiro atoms. The molecule has 0 aliphatic heterocycles. The van der Waals surface area contributed by atoms with Gasteiger partial charge in [-0.2, -0.15) is 5.10 Å². The van der Waals surface area contributed by atoms with Crippen molar-refractivity contribution in [2.24, 2.45) is 5.10 Å². The van der Waals surface area contributed by atoms with Crippen LogP contribution in [0, 0.1) is 0 Å². The van der Waals surface area contributed by atoms with Crippen molar-refractivity contribution in [3.8, 4) is 0 Å². The molecule has 15 heavy (non-hydrogen) atoms. The van der Waals surface area contributed by atoms with Crippen LogP contribution in [0.4, 0.5) is 0 Å². The van der Waals surface area contributed by atoms with Crippen LogP contribution < -0.4 is 10.7 Å². The molecule has 0 bridgehead atoms. The van der Waals surface area contributed by atoms with E-state index in [-0.39, 0.29) is 0 Å². The van der Waals surface area contributed by atoms with Crippen molar-refractivity contribution in [3.63, 3.8) is 0 Å². The molecule has 84 valence electrons. The fraction of sp³-hybridized carbons (Fsp3) is 0.600. The van der Waals surface area contributed by atoms with Crippen molar-refractivity contribution < 1.29 is 0 Å². The Balaban J connectivity index is 2.50. The Labute approximate surface area is 101 Å². The van der Waals surface area contributed by atoms with Gasteiger partial charge < -0.3 is 5.32 Å². The molecule has 0 aromatic carbocycles. The molecule has 1 aliphatic carbocycles. The maximum Gasteiger partial charge on any atom is 0.186 e. The molecule has 1 rings (SSSR count). The molecule has 5 heteroatoms. The van der Waals surface area contributed by atoms with E-state index in [0.29, 0.717) is 5.11 Å². The fourth-order valence-electron chi connectivity index (χ4n) is 1.43. The van der Waals surface area contributed by atoms with E-state index in [2.05, 4.69) is 15.8 Å². The first kappa shape index (κ1) is 12.5. The average molecular weight is 246 g/mol. The Morgan fingerprint density at radius 3 is 2.87 bits per heavy atom. The third-order valence-corrected chi connectivity index (χ3v) is 3.03. The minimum absolute atomic E-state index is 0.511. The van der Waals surface area contributed by atoms with Crippen LogP contribution in [0.15, 0.2) is 15.7 Å². The zero-order valence-corrected chi connectivity index (χ0v) is 10.4. The highest BCUT2D eigenvalue weighted by atomic mass is 35.5. The van der Waals surface area contributed by atoms with Gasteiger partial charge in [-0.1, -0.05) is 18.0 Å². The Bertz CT molecular complexity index is 286. The van der Waals surface area contributed by atoms with Gasteiger partial charge in [0.25, 0.3) is 0 Å². The molecule has 3 nitrogen and oxygen atoms in total. The van der Waals surface area contributed by atoms with Crippen molar-refractivity contribution in [1.82, 2.24) is 10.7 Å². The Morgan fingerprint density at radius 2 is 2.13 bits per heavy atom. The smallest absolute Gasteiger partial charge is 0.186 e. The second-order valence-electron chi connectivity index (χ2n) is 3.44. The number of allylic oxidation sites excluding steroid dienone is 2. The largest absolute Gasteiger partial charge is 0.364 e. The average Bonchev–Trinajstić information content (AvgIpc) is 2.44. The van der Waals surface area contributed by atoms with E-state index in [1.165, 1.54) is 19.3 Å². The van der Waals surface area contributed by atoms with Gasteiger partial charge in [0.05, 0.1) is 6.21 Å². The SMILES string of the molecule is CNC(=S)NN=CC1=C(Cl)CCCCC1. The molecule has 0 aromatic heterocycles. The molecule has 0 atom stereocenters. The van der Waals surface area contributed by atoms with Crippen LogP contribution in [-0.4, -0.2) is 18.4 Å². The van der Waals surface area contributed by atoms with Crippen LogP contribution in [0.25, 0.3) is 0 Å². The van der Waals surface area contributed by atoms with Crippen molar-refractivity contribution in [1.29, 1.82) is 0 Å². The molecule has 0 aromatic rings. The van der Waals surface area contributed by atoms with E-state index in [9.17, 15) is 0 Å². The zero-order valence-electron chi connectivity index (χ0n) is 8.85. The Kier molecular flexibility index (Phi) is 5.65. The lowest BCUT2D eigenvalue weighted by Gasteiger charge is -2.02. The summed E-state index contributed by atoms with van der Waals surface area (Å²) in [6.07, 6.45) is 7.37. The van der Waals surface area contributed by atoms with Crippen LogP contribution in [0.5, 0.6) is 0 Å². The Morgan fingerprint density at radius 1 is 1.40 bits per heavy atom. The minimum Gasteiger partial charge on any atom is -0.364 e. The van der Waals surface area contributed by atoms with Crippen molar-refractivity contribution in [2.75, 3.05) is 7.05 Å². The molecular weight excluding hydrogens is 230 g/mol. The van der Waals surface area contributed by atoms with Crippen molar-refractivity contribution >= 4 is 35.1 Å². The topological polar surface area (TPSA) is 36.4 Å². The van der Waals surface area contributed by atoms with Crippen molar-refractivity contribution in [2.45, 2.75) is 32.1 Å². The summed E-state index contributed by atoms with van der Waals surface area (Å²) in [6, 6.07) is 0. The van der Waals surface area contributed by atoms with E-state index in [0.717, 1.165) is 23.4 Å². The number of hydrogen-bond donors (Lipinski definition) is 2. The third-order valence-electron chi connectivity index (χ3n) is 2.30. The first-order valence-corrected chi connectivity index (χ1v) is 5.91. The van der Waals surface area contributed by atoms with Gasteiger partial charge in [0.1, 0.15) is 0 Å². The zero-order chi connectivity index (χ0) is 11.1. The van der Waals surface area contributed by atoms with Gasteiger partial charge in [-0.05, 0) is 43.5 Å². The van der Waals surface area contributed by atoms with E-state index in [1.807, 2.05) is 0 Å². The third kappa shape index (κ3) is 4.62. The van der Waals surface area contributed by atoms with Gasteiger partial charge in [0.2, 0.25) is 0 Å². The fourth-order valence-corrected chi connectivity index (χ4v) is 1.76. The van der Waals surface area contributed by atoms with Gasteiger partial charge in [0, 0.05) is 12.1 Å². The molecule has 2 N–H and O–H groups in total. The number of hydrogen-bond acceptors (Lipinski definition) is 2. The predicted octanol–water partition coefficient (Wildman–Crippen LogP) is 2.52. The number of rotatable bonds is 2. The summed E-state index contributed by atoms with van der Waals surface area (Å²) in [5.74, 6) is 0. The van der Waals surface area contributed by atoms with E-state index in [4.69, 9.17) is 23.8 Å². The van der Waals surface area contributed by atoms with Crippen LogP contribution in [0.2, 0.25) is 0 Å². The van der Waals surface area contributed by atoms with Crippen LogP contribution in [0.3, 0.4) is 0 Å². The lowest BCUT2D eigenvalue weighted by Crippen LogP contribution is -2.28. The van der Waals surface area contributed by atoms with Crippen molar-refractivity contribution in [3.05, 3.63) is 10.6 Å². The maximum absolute atomic E-state index is 6.15. The minimum atomic E-state index is 0.511. The molecule has 0 unspecified atom stereocenters. The number of nitrogens with zero attached hydrogens (tertiary/aromatic N) is 1. The van der Waals surface area contributed by atoms with E-state index < -0.39 is 0 Å². The van der Waals surface area contributed by atoms with Gasteiger partial charge in [0.15, 0.2) is 5.11 Å². The molecule has 0 saturated carbocycles. The molecule has 0 radical (unpaired) electrons. The van der Waals surface area contributed by atoms with Gasteiger partial charge >= 0.3 is 0 Å². The van der Waals surface area contributed by atoms with Gasteiger partial charge in [-0.25, -0.2) is 0 Å². The standard InChI is InChI=1S/C10H16ClN3S/c1-12-10(15)14-13-7-8-5-3-2-4-6-9(8)11/h7H,2-6H2,1H3,(H2,12,14,15). The molecule has 0 saturated heterocycles. The summed E-state index contributed by atoms with van der Waals surface area (Å²) in [5, 5.41) is 8.27. The van der Waals surface area contributed by atoms with E-state index in [1.54, 1.807) is 13.3 Å². The monoisotopic (exact) mass is 245 g/mol. The molecule has 0 amide bonds. The quantitative estimate of drug-likeness (QED) is 0.446. The van der Waals surface area contributed by atoms with Crippen LogP contribution in [0.1, 0.15) is 32.1 Å². The first-order chi connectivity index (χ1) is 7.24. The maximum atomic E-state index is 6.15. The summed E-state index contributed by atoms with van der Waals surface area (Å²) >= 11 is 11.0. The molecule has 0 heterocycles. The number of thiocarbonyl (C=S) groups is 1. The van der Waals surface area contributed by atoms with E-state index >= 15 is 0 Å². The predicted molar refractivity (Wildman–Crippen MR) is 69.2 cm³/mol. The van der Waals surface area contributed by atoms with Crippen LogP contribution in [-0.2, 0) is 0 Å². The number of halogens is 1.